The minimum Gasteiger partial charge on any atom is -0.334 e. The maximum atomic E-state index is 12.3. The molecule has 3 heterocycles. The molecule has 6 nitrogen and oxygen atoms in total. The molecule has 1 saturated heterocycles. The van der Waals surface area contributed by atoms with Crippen molar-refractivity contribution in [1.29, 1.82) is 0 Å². The maximum absolute atomic E-state index is 12.3. The van der Waals surface area contributed by atoms with Gasteiger partial charge in [-0.3, -0.25) is 4.79 Å². The van der Waals surface area contributed by atoms with E-state index in [9.17, 15) is 4.79 Å². The van der Waals surface area contributed by atoms with Crippen molar-refractivity contribution in [3.63, 3.8) is 0 Å². The Hall–Kier alpha value is -2.02. The van der Waals surface area contributed by atoms with Crippen LogP contribution in [0.15, 0.2) is 11.4 Å². The molecular formula is C17H23N5OS. The Morgan fingerprint density at radius 1 is 1.33 bits per heavy atom. The van der Waals surface area contributed by atoms with Gasteiger partial charge in [0.05, 0.1) is 17.4 Å². The van der Waals surface area contributed by atoms with Gasteiger partial charge in [0.1, 0.15) is 11.6 Å². The van der Waals surface area contributed by atoms with Crippen LogP contribution in [0.3, 0.4) is 0 Å². The van der Waals surface area contributed by atoms with Crippen LogP contribution in [0.1, 0.15) is 55.9 Å². The van der Waals surface area contributed by atoms with Crippen molar-refractivity contribution in [2.75, 3.05) is 11.9 Å². The van der Waals surface area contributed by atoms with Gasteiger partial charge in [-0.1, -0.05) is 6.92 Å². The lowest BCUT2D eigenvalue weighted by Crippen LogP contribution is -2.38. The number of rotatable bonds is 4. The van der Waals surface area contributed by atoms with Crippen LogP contribution >= 0.6 is 11.3 Å². The lowest BCUT2D eigenvalue weighted by molar-refractivity contribution is -0.134. The van der Waals surface area contributed by atoms with E-state index in [2.05, 4.69) is 20.3 Å². The molecule has 2 aromatic heterocycles. The van der Waals surface area contributed by atoms with Gasteiger partial charge in [-0.05, 0) is 33.1 Å². The van der Waals surface area contributed by atoms with Crippen molar-refractivity contribution in [2.24, 2.45) is 0 Å². The Morgan fingerprint density at radius 3 is 2.88 bits per heavy atom. The fraction of sp³-hybridized carbons (Fsp3) is 0.529. The third-order valence-electron chi connectivity index (χ3n) is 4.18. The van der Waals surface area contributed by atoms with Crippen LogP contribution in [0.2, 0.25) is 0 Å². The van der Waals surface area contributed by atoms with E-state index < -0.39 is 0 Å². The quantitative estimate of drug-likeness (QED) is 0.913. The van der Waals surface area contributed by atoms with Crippen LogP contribution in [-0.2, 0) is 4.79 Å². The minimum absolute atomic E-state index is 0.0477. The third-order valence-corrected chi connectivity index (χ3v) is 5.05. The molecule has 1 atom stereocenters. The standard InChI is InChI=1S/C17H23N5OS/c1-4-16(23)22-8-6-5-7-14(22)13-9-15(20-12(3)19-13)21-17-18-11(2)10-24-17/h9-10,14H,4-8H2,1-3H3,(H,18,19,20,21)/t14-/m0/s1. The average molecular weight is 345 g/mol. The molecule has 128 valence electrons. The molecule has 0 aromatic carbocycles. The average Bonchev–Trinajstić information content (AvgIpc) is 2.98. The smallest absolute Gasteiger partial charge is 0.222 e. The zero-order valence-corrected chi connectivity index (χ0v) is 15.2. The van der Waals surface area contributed by atoms with E-state index in [4.69, 9.17) is 0 Å². The molecule has 0 unspecified atom stereocenters. The Balaban J connectivity index is 1.87. The van der Waals surface area contributed by atoms with Crippen LogP contribution in [-0.4, -0.2) is 32.3 Å². The van der Waals surface area contributed by atoms with Crippen molar-refractivity contribution in [3.05, 3.63) is 28.7 Å². The Kier molecular flexibility index (Phi) is 5.08. The molecular weight excluding hydrogens is 322 g/mol. The number of carbonyl (C=O) groups excluding carboxylic acids is 1. The van der Waals surface area contributed by atoms with E-state index in [-0.39, 0.29) is 11.9 Å². The van der Waals surface area contributed by atoms with Crippen LogP contribution in [0.4, 0.5) is 10.9 Å². The van der Waals surface area contributed by atoms with Crippen LogP contribution in [0.5, 0.6) is 0 Å². The van der Waals surface area contributed by atoms with E-state index in [1.54, 1.807) is 11.3 Å². The third kappa shape index (κ3) is 3.72. The fourth-order valence-corrected chi connectivity index (χ4v) is 3.78. The molecule has 7 heteroatoms. The Morgan fingerprint density at radius 2 is 2.17 bits per heavy atom. The summed E-state index contributed by atoms with van der Waals surface area (Å²) in [4.78, 5) is 27.7. The number of hydrogen-bond donors (Lipinski definition) is 1. The van der Waals surface area contributed by atoms with Gasteiger partial charge < -0.3 is 10.2 Å². The number of carbonyl (C=O) groups is 1. The number of amides is 1. The number of thiazole rings is 1. The van der Waals surface area contributed by atoms with Gasteiger partial charge >= 0.3 is 0 Å². The number of aromatic nitrogens is 3. The van der Waals surface area contributed by atoms with Crippen LogP contribution < -0.4 is 5.32 Å². The highest BCUT2D eigenvalue weighted by molar-refractivity contribution is 7.13. The van der Waals surface area contributed by atoms with Gasteiger partial charge in [0.2, 0.25) is 5.91 Å². The summed E-state index contributed by atoms with van der Waals surface area (Å²) < 4.78 is 0. The molecule has 1 aliphatic rings. The summed E-state index contributed by atoms with van der Waals surface area (Å²) in [5, 5.41) is 6.08. The van der Waals surface area contributed by atoms with Gasteiger partial charge in [0.25, 0.3) is 0 Å². The Labute approximate surface area is 146 Å². The van der Waals surface area contributed by atoms with Gasteiger partial charge in [-0.15, -0.1) is 11.3 Å². The first-order chi connectivity index (χ1) is 11.6. The largest absolute Gasteiger partial charge is 0.334 e. The first kappa shape index (κ1) is 16.8. The summed E-state index contributed by atoms with van der Waals surface area (Å²) in [6, 6.07) is 2.00. The summed E-state index contributed by atoms with van der Waals surface area (Å²) in [7, 11) is 0. The summed E-state index contributed by atoms with van der Waals surface area (Å²) in [6.45, 7) is 6.58. The van der Waals surface area contributed by atoms with Crippen molar-refractivity contribution >= 4 is 28.2 Å². The SMILES string of the molecule is CCC(=O)N1CCCC[C@H]1c1cc(Nc2nc(C)cs2)nc(C)n1. The Bertz CT molecular complexity index is 730. The number of nitrogens with one attached hydrogen (secondary N) is 1. The first-order valence-electron chi connectivity index (χ1n) is 8.41. The second kappa shape index (κ2) is 7.25. The van der Waals surface area contributed by atoms with E-state index in [0.717, 1.165) is 48.1 Å². The topological polar surface area (TPSA) is 71.0 Å². The highest BCUT2D eigenvalue weighted by atomic mass is 32.1. The van der Waals surface area contributed by atoms with E-state index >= 15 is 0 Å². The number of piperidine rings is 1. The van der Waals surface area contributed by atoms with Crippen molar-refractivity contribution < 1.29 is 4.79 Å². The molecule has 24 heavy (non-hydrogen) atoms. The molecule has 0 spiro atoms. The van der Waals surface area contributed by atoms with E-state index in [0.29, 0.717) is 12.2 Å². The molecule has 1 fully saturated rings. The normalized spacial score (nSPS) is 17.8. The molecule has 1 aliphatic heterocycles. The molecule has 3 rings (SSSR count). The van der Waals surface area contributed by atoms with E-state index in [1.807, 2.05) is 37.1 Å². The summed E-state index contributed by atoms with van der Waals surface area (Å²) in [5.74, 6) is 1.64. The number of aryl methyl sites for hydroxylation is 2. The highest BCUT2D eigenvalue weighted by Gasteiger charge is 2.28. The molecule has 0 aliphatic carbocycles. The molecule has 1 amide bonds. The highest BCUT2D eigenvalue weighted by Crippen LogP contribution is 2.32. The van der Waals surface area contributed by atoms with Crippen LogP contribution in [0.25, 0.3) is 0 Å². The summed E-state index contributed by atoms with van der Waals surface area (Å²) >= 11 is 1.55. The van der Waals surface area contributed by atoms with Crippen LogP contribution in [0, 0.1) is 13.8 Å². The second-order valence-electron chi connectivity index (χ2n) is 6.10. The van der Waals surface area contributed by atoms with E-state index in [1.165, 1.54) is 0 Å². The number of hydrogen-bond acceptors (Lipinski definition) is 6. The van der Waals surface area contributed by atoms with Crippen molar-refractivity contribution in [1.82, 2.24) is 19.9 Å². The second-order valence-corrected chi connectivity index (χ2v) is 6.95. The monoisotopic (exact) mass is 345 g/mol. The number of nitrogens with zero attached hydrogens (tertiary/aromatic N) is 4. The lowest BCUT2D eigenvalue weighted by atomic mass is 9.98. The minimum atomic E-state index is 0.0477. The summed E-state index contributed by atoms with van der Waals surface area (Å²) in [5.41, 5.74) is 1.90. The molecule has 0 saturated carbocycles. The van der Waals surface area contributed by atoms with Gasteiger partial charge in [-0.25, -0.2) is 15.0 Å². The van der Waals surface area contributed by atoms with Gasteiger partial charge in [0.15, 0.2) is 5.13 Å². The molecule has 2 aromatic rings. The lowest BCUT2D eigenvalue weighted by Gasteiger charge is -2.35. The van der Waals surface area contributed by atoms with Crippen molar-refractivity contribution in [2.45, 2.75) is 52.5 Å². The number of anilines is 2. The maximum Gasteiger partial charge on any atom is 0.222 e. The zero-order valence-electron chi connectivity index (χ0n) is 14.4. The fourth-order valence-electron chi connectivity index (χ4n) is 3.09. The first-order valence-corrected chi connectivity index (χ1v) is 9.29. The zero-order chi connectivity index (χ0) is 17.1. The predicted molar refractivity (Wildman–Crippen MR) is 95.5 cm³/mol. The molecule has 0 radical (unpaired) electrons. The predicted octanol–water partition coefficient (Wildman–Crippen LogP) is 3.76. The molecule has 0 bridgehead atoms. The number of likely N-dealkylation sites (tertiary alicyclic amines) is 1. The van der Waals surface area contributed by atoms with Crippen molar-refractivity contribution in [3.8, 4) is 0 Å². The summed E-state index contributed by atoms with van der Waals surface area (Å²) in [6.07, 6.45) is 3.67. The van der Waals surface area contributed by atoms with Gasteiger partial charge in [-0.2, -0.15) is 0 Å². The van der Waals surface area contributed by atoms with Gasteiger partial charge in [0, 0.05) is 24.4 Å². The molecule has 1 N–H and O–H groups in total.